The Morgan fingerprint density at radius 3 is 2.41 bits per heavy atom. The first-order chi connectivity index (χ1) is 13.3. The molecule has 29 heavy (non-hydrogen) atoms. The van der Waals surface area contributed by atoms with E-state index in [2.05, 4.69) is 5.32 Å². The summed E-state index contributed by atoms with van der Waals surface area (Å²) in [5.41, 5.74) is -0.668. The first kappa shape index (κ1) is 21.5. The molecule has 2 amide bonds. The van der Waals surface area contributed by atoms with Gasteiger partial charge < -0.3 is 15.1 Å². The zero-order valence-electron chi connectivity index (χ0n) is 16.2. The van der Waals surface area contributed by atoms with Crippen LogP contribution >= 0.6 is 24.2 Å². The number of piperazine rings is 1. The van der Waals surface area contributed by atoms with E-state index in [1.165, 1.54) is 16.7 Å². The second-order valence-corrected chi connectivity index (χ2v) is 8.52. The van der Waals surface area contributed by atoms with Crippen molar-refractivity contribution in [1.29, 1.82) is 0 Å². The van der Waals surface area contributed by atoms with E-state index < -0.39 is 5.54 Å². The van der Waals surface area contributed by atoms with Crippen LogP contribution in [0.5, 0.6) is 0 Å². The number of Topliss-reactive ketones (excluding diaryl/α,β-unsaturated/α-hetero) is 2. The van der Waals surface area contributed by atoms with Crippen LogP contribution in [0.3, 0.4) is 0 Å². The Labute approximate surface area is 179 Å². The van der Waals surface area contributed by atoms with Gasteiger partial charge in [0.15, 0.2) is 11.3 Å². The molecule has 154 valence electrons. The minimum Gasteiger partial charge on any atom is -0.336 e. The number of carbonyl (C=O) groups excluding carboxylic acids is 4. The molecule has 1 N–H and O–H groups in total. The van der Waals surface area contributed by atoms with Crippen molar-refractivity contribution in [3.63, 3.8) is 0 Å². The van der Waals surface area contributed by atoms with Crippen LogP contribution < -0.4 is 5.32 Å². The number of hydrogen-bond acceptors (Lipinski definition) is 6. The summed E-state index contributed by atoms with van der Waals surface area (Å²) in [5.74, 6) is -1.04. The van der Waals surface area contributed by atoms with Crippen molar-refractivity contribution in [2.24, 2.45) is 0 Å². The number of ketones is 2. The Bertz CT molecular complexity index is 945. The van der Waals surface area contributed by atoms with Crippen LogP contribution in [-0.4, -0.2) is 78.2 Å². The molecule has 4 rings (SSSR count). The molecule has 1 aromatic rings. The van der Waals surface area contributed by atoms with Crippen LogP contribution in [0.1, 0.15) is 27.1 Å². The number of carbonyl (C=O) groups is 4. The molecule has 2 aliphatic heterocycles. The van der Waals surface area contributed by atoms with Crippen LogP contribution in [0.15, 0.2) is 34.7 Å². The lowest BCUT2D eigenvalue weighted by molar-refractivity contribution is -0.147. The third kappa shape index (κ3) is 3.39. The van der Waals surface area contributed by atoms with Crippen LogP contribution in [0, 0.1) is 0 Å². The number of thioether (sulfide) groups is 1. The molecule has 3 aliphatic rings. The molecule has 1 spiro atoms. The Hall–Kier alpha value is -2.16. The van der Waals surface area contributed by atoms with Crippen LogP contribution in [0.2, 0.25) is 0 Å². The number of hydrogen-bond donors (Lipinski definition) is 1. The largest absolute Gasteiger partial charge is 0.336 e. The van der Waals surface area contributed by atoms with Crippen molar-refractivity contribution in [2.45, 2.75) is 12.0 Å². The molecular formula is C20H22ClN3O4S. The highest BCUT2D eigenvalue weighted by Crippen LogP contribution is 2.46. The standard InChI is InChI=1S/C20H21N3O4S.ClH/c1-22(2)8-5-9-23-10-14(24)21-20(19(23)27)11-28-18-15(20)16(25)12-6-3-4-7-13(12)17(18)26;/h3-4,6-7H,5,8-11H2,1-2H3,(H,21,24);1H. The van der Waals surface area contributed by atoms with Gasteiger partial charge in [0.1, 0.15) is 0 Å². The Balaban J connectivity index is 0.00000240. The van der Waals surface area contributed by atoms with Gasteiger partial charge in [-0.05, 0) is 27.1 Å². The molecule has 9 heteroatoms. The van der Waals surface area contributed by atoms with E-state index in [0.29, 0.717) is 17.7 Å². The van der Waals surface area contributed by atoms with Gasteiger partial charge in [-0.2, -0.15) is 0 Å². The summed E-state index contributed by atoms with van der Waals surface area (Å²) >= 11 is 1.18. The summed E-state index contributed by atoms with van der Waals surface area (Å²) < 4.78 is 0. The van der Waals surface area contributed by atoms with Crippen molar-refractivity contribution in [3.8, 4) is 0 Å². The van der Waals surface area contributed by atoms with Crippen molar-refractivity contribution in [3.05, 3.63) is 45.9 Å². The maximum Gasteiger partial charge on any atom is 0.254 e. The number of nitrogens with zero attached hydrogens (tertiary/aromatic N) is 2. The van der Waals surface area contributed by atoms with Gasteiger partial charge >= 0.3 is 0 Å². The molecule has 0 radical (unpaired) electrons. The molecule has 7 nitrogen and oxygen atoms in total. The molecule has 1 unspecified atom stereocenters. The maximum absolute atomic E-state index is 13.4. The quantitative estimate of drug-likeness (QED) is 0.763. The normalized spacial score (nSPS) is 23.3. The number of rotatable bonds is 4. The van der Waals surface area contributed by atoms with E-state index in [9.17, 15) is 19.2 Å². The third-order valence-corrected chi connectivity index (χ3v) is 6.56. The van der Waals surface area contributed by atoms with Gasteiger partial charge in [-0.3, -0.25) is 19.2 Å². The smallest absolute Gasteiger partial charge is 0.254 e. The topological polar surface area (TPSA) is 86.8 Å². The first-order valence-electron chi connectivity index (χ1n) is 9.16. The van der Waals surface area contributed by atoms with Gasteiger partial charge in [0.25, 0.3) is 5.91 Å². The maximum atomic E-state index is 13.4. The lowest BCUT2D eigenvalue weighted by Gasteiger charge is -2.41. The van der Waals surface area contributed by atoms with Gasteiger partial charge in [-0.25, -0.2) is 0 Å². The van der Waals surface area contributed by atoms with Gasteiger partial charge in [0.2, 0.25) is 11.7 Å². The molecule has 1 saturated heterocycles. The predicted octanol–water partition coefficient (Wildman–Crippen LogP) is 1.14. The molecule has 1 aromatic carbocycles. The molecule has 1 aliphatic carbocycles. The zero-order valence-corrected chi connectivity index (χ0v) is 17.8. The fraction of sp³-hybridized carbons (Fsp3) is 0.400. The molecule has 1 fully saturated rings. The number of fused-ring (bicyclic) bond motifs is 2. The van der Waals surface area contributed by atoms with Gasteiger partial charge in [0.05, 0.1) is 17.0 Å². The molecule has 0 saturated carbocycles. The van der Waals surface area contributed by atoms with Crippen LogP contribution in [0.25, 0.3) is 0 Å². The number of allylic oxidation sites excluding steroid dienone is 1. The lowest BCUT2D eigenvalue weighted by atomic mass is 9.78. The third-order valence-electron chi connectivity index (χ3n) is 5.31. The number of amides is 2. The fourth-order valence-electron chi connectivity index (χ4n) is 4.00. The summed E-state index contributed by atoms with van der Waals surface area (Å²) in [5, 5.41) is 2.76. The summed E-state index contributed by atoms with van der Waals surface area (Å²) in [6, 6.07) is 6.63. The molecule has 0 aromatic heterocycles. The minimum atomic E-state index is -1.45. The second kappa shape index (κ2) is 7.93. The zero-order chi connectivity index (χ0) is 20.1. The van der Waals surface area contributed by atoms with Crippen molar-refractivity contribution < 1.29 is 19.2 Å². The molecule has 1 atom stereocenters. The number of halogens is 1. The Morgan fingerprint density at radius 1 is 1.10 bits per heavy atom. The van der Waals surface area contributed by atoms with E-state index in [4.69, 9.17) is 0 Å². The molecule has 2 heterocycles. The molecular weight excluding hydrogens is 414 g/mol. The van der Waals surface area contributed by atoms with Crippen molar-refractivity contribution in [1.82, 2.24) is 15.1 Å². The van der Waals surface area contributed by atoms with Crippen LogP contribution in [0.4, 0.5) is 0 Å². The van der Waals surface area contributed by atoms with Gasteiger partial charge in [-0.1, -0.05) is 24.3 Å². The Morgan fingerprint density at radius 2 is 1.76 bits per heavy atom. The highest BCUT2D eigenvalue weighted by atomic mass is 35.5. The van der Waals surface area contributed by atoms with E-state index in [1.807, 2.05) is 19.0 Å². The lowest BCUT2D eigenvalue weighted by Crippen LogP contribution is -2.69. The SMILES string of the molecule is CN(C)CCCN1CC(=O)NC2(CSC3=C2C(=O)c2ccccc2C3=O)C1=O.Cl. The van der Waals surface area contributed by atoms with Crippen molar-refractivity contribution >= 4 is 47.5 Å². The summed E-state index contributed by atoms with van der Waals surface area (Å²) in [7, 11) is 3.89. The summed E-state index contributed by atoms with van der Waals surface area (Å²) in [6.45, 7) is 1.18. The summed E-state index contributed by atoms with van der Waals surface area (Å²) in [6.07, 6.45) is 0.719. The van der Waals surface area contributed by atoms with E-state index in [1.54, 1.807) is 24.3 Å². The van der Waals surface area contributed by atoms with Crippen LogP contribution in [-0.2, 0) is 9.59 Å². The monoisotopic (exact) mass is 435 g/mol. The average Bonchev–Trinajstić information content (AvgIpc) is 3.03. The van der Waals surface area contributed by atoms with E-state index >= 15 is 0 Å². The van der Waals surface area contributed by atoms with E-state index in [0.717, 1.165) is 13.0 Å². The average molecular weight is 436 g/mol. The Kier molecular flexibility index (Phi) is 5.89. The predicted molar refractivity (Wildman–Crippen MR) is 112 cm³/mol. The highest BCUT2D eigenvalue weighted by Gasteiger charge is 2.58. The van der Waals surface area contributed by atoms with E-state index in [-0.39, 0.29) is 58.6 Å². The first-order valence-corrected chi connectivity index (χ1v) is 10.1. The summed E-state index contributed by atoms with van der Waals surface area (Å²) in [4.78, 5) is 55.8. The minimum absolute atomic E-state index is 0. The van der Waals surface area contributed by atoms with Crippen molar-refractivity contribution in [2.75, 3.05) is 39.5 Å². The fourth-order valence-corrected chi connectivity index (χ4v) is 5.36. The van der Waals surface area contributed by atoms with Gasteiger partial charge in [0, 0.05) is 23.4 Å². The second-order valence-electron chi connectivity index (χ2n) is 7.53. The number of nitrogens with one attached hydrogen (secondary N) is 1. The van der Waals surface area contributed by atoms with Gasteiger partial charge in [-0.15, -0.1) is 24.2 Å². The molecule has 0 bridgehead atoms. The highest BCUT2D eigenvalue weighted by molar-refractivity contribution is 8.04. The number of benzene rings is 1.